The van der Waals surface area contributed by atoms with Gasteiger partial charge in [0, 0.05) is 11.3 Å². The van der Waals surface area contributed by atoms with E-state index in [0.717, 1.165) is 27.3 Å². The van der Waals surface area contributed by atoms with Crippen LogP contribution in [0.5, 0.6) is 0 Å². The molecule has 6 nitrogen and oxygen atoms in total. The molecule has 1 heterocycles. The molecule has 7 heteroatoms. The highest BCUT2D eigenvalue weighted by molar-refractivity contribution is 7.98. The Morgan fingerprint density at radius 2 is 1.68 bits per heavy atom. The summed E-state index contributed by atoms with van der Waals surface area (Å²) in [6, 6.07) is 22.8. The molecule has 0 saturated carbocycles. The van der Waals surface area contributed by atoms with Crippen molar-refractivity contribution in [1.82, 2.24) is 9.55 Å². The van der Waals surface area contributed by atoms with Crippen molar-refractivity contribution in [3.63, 3.8) is 0 Å². The number of primary amides is 1. The second-order valence-electron chi connectivity index (χ2n) is 7.01. The third kappa shape index (κ3) is 4.62. The lowest BCUT2D eigenvalue weighted by molar-refractivity contribution is 0.0600. The SMILES string of the molecule is COC(=O)c1ccc(CSc2nc3cc(C(N)=O)ccc3n2Cc2ccccc2)cc1. The van der Waals surface area contributed by atoms with E-state index in [-0.39, 0.29) is 5.97 Å². The van der Waals surface area contributed by atoms with E-state index in [1.807, 2.05) is 36.4 Å². The quantitative estimate of drug-likeness (QED) is 0.349. The van der Waals surface area contributed by atoms with Gasteiger partial charge in [-0.1, -0.05) is 54.2 Å². The number of methoxy groups -OCH3 is 1. The molecule has 0 bridgehead atoms. The van der Waals surface area contributed by atoms with Gasteiger partial charge in [0.25, 0.3) is 0 Å². The van der Waals surface area contributed by atoms with Crippen LogP contribution in [0.15, 0.2) is 78.0 Å². The van der Waals surface area contributed by atoms with Crippen LogP contribution >= 0.6 is 11.8 Å². The highest BCUT2D eigenvalue weighted by Gasteiger charge is 2.14. The number of aromatic nitrogens is 2. The molecule has 2 N–H and O–H groups in total. The van der Waals surface area contributed by atoms with Gasteiger partial charge >= 0.3 is 5.97 Å². The topological polar surface area (TPSA) is 87.2 Å². The van der Waals surface area contributed by atoms with Crippen molar-refractivity contribution in [1.29, 1.82) is 0 Å². The van der Waals surface area contributed by atoms with Gasteiger partial charge in [0.1, 0.15) is 0 Å². The van der Waals surface area contributed by atoms with Crippen LogP contribution in [0.25, 0.3) is 11.0 Å². The fourth-order valence-corrected chi connectivity index (χ4v) is 4.26. The van der Waals surface area contributed by atoms with Gasteiger partial charge in [0.2, 0.25) is 5.91 Å². The molecule has 4 aromatic rings. The largest absolute Gasteiger partial charge is 0.465 e. The predicted octanol–water partition coefficient (Wildman–Crippen LogP) is 4.26. The number of fused-ring (bicyclic) bond motifs is 1. The predicted molar refractivity (Wildman–Crippen MR) is 121 cm³/mol. The molecule has 0 fully saturated rings. The highest BCUT2D eigenvalue weighted by Crippen LogP contribution is 2.28. The molecule has 156 valence electrons. The number of imidazole rings is 1. The fourth-order valence-electron chi connectivity index (χ4n) is 3.29. The van der Waals surface area contributed by atoms with Gasteiger partial charge in [-0.2, -0.15) is 0 Å². The van der Waals surface area contributed by atoms with Crippen LogP contribution < -0.4 is 5.73 Å². The Morgan fingerprint density at radius 1 is 0.968 bits per heavy atom. The summed E-state index contributed by atoms with van der Waals surface area (Å²) in [6.07, 6.45) is 0. The maximum atomic E-state index is 11.6. The van der Waals surface area contributed by atoms with E-state index in [1.165, 1.54) is 7.11 Å². The van der Waals surface area contributed by atoms with E-state index in [4.69, 9.17) is 15.5 Å². The van der Waals surface area contributed by atoms with E-state index >= 15 is 0 Å². The molecule has 0 aliphatic rings. The maximum absolute atomic E-state index is 11.6. The third-order valence-electron chi connectivity index (χ3n) is 4.92. The number of ether oxygens (including phenoxy) is 1. The minimum absolute atomic E-state index is 0.353. The van der Waals surface area contributed by atoms with Crippen LogP contribution in [-0.4, -0.2) is 28.5 Å². The molecule has 1 amide bonds. The van der Waals surface area contributed by atoms with Crippen molar-refractivity contribution < 1.29 is 14.3 Å². The van der Waals surface area contributed by atoms with Gasteiger partial charge in [-0.25, -0.2) is 9.78 Å². The monoisotopic (exact) mass is 431 g/mol. The summed E-state index contributed by atoms with van der Waals surface area (Å²) in [4.78, 5) is 28.0. The maximum Gasteiger partial charge on any atom is 0.337 e. The van der Waals surface area contributed by atoms with Gasteiger partial charge < -0.3 is 15.0 Å². The fraction of sp³-hybridized carbons (Fsp3) is 0.125. The van der Waals surface area contributed by atoms with Crippen LogP contribution in [0.1, 0.15) is 31.8 Å². The molecular formula is C24H21N3O3S. The molecule has 4 rings (SSSR count). The summed E-state index contributed by atoms with van der Waals surface area (Å²) in [6.45, 7) is 0.664. The minimum Gasteiger partial charge on any atom is -0.465 e. The highest BCUT2D eigenvalue weighted by atomic mass is 32.2. The number of benzene rings is 3. The zero-order valence-electron chi connectivity index (χ0n) is 16.9. The molecule has 1 aromatic heterocycles. The van der Waals surface area contributed by atoms with E-state index in [0.29, 0.717) is 23.4 Å². The van der Waals surface area contributed by atoms with E-state index < -0.39 is 5.91 Å². The van der Waals surface area contributed by atoms with Crippen LogP contribution in [0.2, 0.25) is 0 Å². The van der Waals surface area contributed by atoms with Crippen LogP contribution in [0, 0.1) is 0 Å². The number of hydrogen-bond donors (Lipinski definition) is 1. The van der Waals surface area contributed by atoms with Crippen LogP contribution in [0.4, 0.5) is 0 Å². The first-order valence-corrected chi connectivity index (χ1v) is 10.7. The second-order valence-corrected chi connectivity index (χ2v) is 7.95. The first kappa shape index (κ1) is 20.7. The van der Waals surface area contributed by atoms with Crippen molar-refractivity contribution >= 4 is 34.7 Å². The van der Waals surface area contributed by atoms with Crippen molar-refractivity contribution in [2.24, 2.45) is 5.73 Å². The number of carbonyl (C=O) groups is 2. The number of esters is 1. The van der Waals surface area contributed by atoms with Crippen molar-refractivity contribution in [2.75, 3.05) is 7.11 Å². The van der Waals surface area contributed by atoms with E-state index in [1.54, 1.807) is 36.0 Å². The van der Waals surface area contributed by atoms with E-state index in [9.17, 15) is 9.59 Å². The normalized spacial score (nSPS) is 10.9. The number of carbonyl (C=O) groups excluding carboxylic acids is 2. The molecule has 0 atom stereocenters. The summed E-state index contributed by atoms with van der Waals surface area (Å²) in [7, 11) is 1.37. The summed E-state index contributed by atoms with van der Waals surface area (Å²) in [5, 5.41) is 0.845. The Labute approximate surface area is 184 Å². The molecule has 0 radical (unpaired) electrons. The molecule has 0 aliphatic heterocycles. The average Bonchev–Trinajstić information content (AvgIpc) is 3.14. The Hall–Kier alpha value is -3.58. The molecule has 0 aliphatic carbocycles. The average molecular weight is 432 g/mol. The number of rotatable bonds is 7. The first-order chi connectivity index (χ1) is 15.0. The Balaban J connectivity index is 1.64. The van der Waals surface area contributed by atoms with Crippen LogP contribution in [0.3, 0.4) is 0 Å². The lowest BCUT2D eigenvalue weighted by atomic mass is 10.1. The number of hydrogen-bond acceptors (Lipinski definition) is 5. The molecule has 31 heavy (non-hydrogen) atoms. The molecule has 0 unspecified atom stereocenters. The van der Waals surface area contributed by atoms with Gasteiger partial charge in [-0.3, -0.25) is 4.79 Å². The van der Waals surface area contributed by atoms with Gasteiger partial charge in [0.15, 0.2) is 5.16 Å². The molecule has 0 saturated heterocycles. The lowest BCUT2D eigenvalue weighted by Crippen LogP contribution is -2.10. The zero-order valence-corrected chi connectivity index (χ0v) is 17.8. The van der Waals surface area contributed by atoms with Crippen molar-refractivity contribution in [3.05, 3.63) is 95.1 Å². The lowest BCUT2D eigenvalue weighted by Gasteiger charge is -2.09. The second kappa shape index (κ2) is 9.06. The third-order valence-corrected chi connectivity index (χ3v) is 5.97. The molecule has 0 spiro atoms. The summed E-state index contributed by atoms with van der Waals surface area (Å²) in [5.41, 5.74) is 10.3. The number of nitrogens with two attached hydrogens (primary N) is 1. The number of thioether (sulfide) groups is 1. The molecule has 3 aromatic carbocycles. The zero-order chi connectivity index (χ0) is 21.8. The minimum atomic E-state index is -0.473. The summed E-state index contributed by atoms with van der Waals surface area (Å²) >= 11 is 1.60. The van der Waals surface area contributed by atoms with E-state index in [2.05, 4.69) is 16.7 Å². The summed E-state index contributed by atoms with van der Waals surface area (Å²) in [5.74, 6) is -0.143. The smallest absolute Gasteiger partial charge is 0.337 e. The molecular weight excluding hydrogens is 410 g/mol. The Morgan fingerprint density at radius 3 is 2.35 bits per heavy atom. The van der Waals surface area contributed by atoms with Gasteiger partial charge in [0.05, 0.1) is 30.3 Å². The number of amides is 1. The van der Waals surface area contributed by atoms with Crippen LogP contribution in [-0.2, 0) is 17.0 Å². The van der Waals surface area contributed by atoms with Crippen molar-refractivity contribution in [2.45, 2.75) is 17.5 Å². The van der Waals surface area contributed by atoms with Crippen molar-refractivity contribution in [3.8, 4) is 0 Å². The van der Waals surface area contributed by atoms with Gasteiger partial charge in [-0.05, 0) is 41.5 Å². The Bertz CT molecular complexity index is 1230. The standard InChI is InChI=1S/C24H21N3O3S/c1-30-23(29)18-9-7-17(8-10-18)15-31-24-26-20-13-19(22(25)28)11-12-21(20)27(24)14-16-5-3-2-4-6-16/h2-13H,14-15H2,1H3,(H2,25,28). The van der Waals surface area contributed by atoms with Gasteiger partial charge in [-0.15, -0.1) is 0 Å². The summed E-state index contributed by atoms with van der Waals surface area (Å²) < 4.78 is 6.89. The Kier molecular flexibility index (Phi) is 6.04. The first-order valence-electron chi connectivity index (χ1n) is 9.69. The number of nitrogens with zero attached hydrogens (tertiary/aromatic N) is 2.